The normalized spacial score (nSPS) is 8.63. The molecule has 4 nitrogen and oxygen atoms in total. The van der Waals surface area contributed by atoms with Gasteiger partial charge >= 0.3 is 5.97 Å². The summed E-state index contributed by atoms with van der Waals surface area (Å²) < 4.78 is 0. The minimum Gasteiger partial charge on any atom is -0.478 e. The third kappa shape index (κ3) is 6.53. The minimum absolute atomic E-state index is 0.691. The van der Waals surface area contributed by atoms with Crippen LogP contribution in [0.1, 0.15) is 0 Å². The number of carbonyl (C=O) groups is 1. The summed E-state index contributed by atoms with van der Waals surface area (Å²) in [7, 11) is 0. The number of hydrogen-bond donors (Lipinski definition) is 1. The Labute approximate surface area is 111 Å². The summed E-state index contributed by atoms with van der Waals surface area (Å²) in [6, 6.07) is 18.8. The molecule has 0 aromatic heterocycles. The zero-order chi connectivity index (χ0) is 13.9. The van der Waals surface area contributed by atoms with Crippen molar-refractivity contribution in [1.82, 2.24) is 0 Å². The van der Waals surface area contributed by atoms with Crippen LogP contribution in [0.5, 0.6) is 11.5 Å². The second-order valence-corrected chi connectivity index (χ2v) is 3.34. The average molecular weight is 258 g/mol. The number of rotatable bonds is 4. The van der Waals surface area contributed by atoms with E-state index in [4.69, 9.17) is 14.9 Å². The third-order valence-electron chi connectivity index (χ3n) is 1.90. The standard InChI is InChI=1S/C12H10O2.C3H4O2/c1-3-7-11(8-4-1)13-14-12-9-5-2-6-10-12;1-2-3(4)5/h1-10H;2H,1H2,(H,4,5). The van der Waals surface area contributed by atoms with Crippen LogP contribution in [-0.4, -0.2) is 11.1 Å². The van der Waals surface area contributed by atoms with Crippen molar-refractivity contribution in [3.63, 3.8) is 0 Å². The van der Waals surface area contributed by atoms with Crippen molar-refractivity contribution in [2.24, 2.45) is 0 Å². The van der Waals surface area contributed by atoms with Gasteiger partial charge < -0.3 is 5.11 Å². The molecule has 2 rings (SSSR count). The van der Waals surface area contributed by atoms with Crippen LogP contribution in [0.25, 0.3) is 0 Å². The van der Waals surface area contributed by atoms with E-state index in [0.29, 0.717) is 11.5 Å². The van der Waals surface area contributed by atoms with Gasteiger partial charge in [-0.3, -0.25) is 9.78 Å². The molecule has 0 spiro atoms. The van der Waals surface area contributed by atoms with Gasteiger partial charge in [0, 0.05) is 6.08 Å². The second-order valence-electron chi connectivity index (χ2n) is 3.34. The van der Waals surface area contributed by atoms with Crippen molar-refractivity contribution in [3.8, 4) is 11.5 Å². The van der Waals surface area contributed by atoms with E-state index in [1.165, 1.54) is 0 Å². The monoisotopic (exact) mass is 258 g/mol. The molecule has 0 aliphatic heterocycles. The zero-order valence-electron chi connectivity index (χ0n) is 10.2. The molecule has 0 heterocycles. The summed E-state index contributed by atoms with van der Waals surface area (Å²) in [6.45, 7) is 2.96. The lowest BCUT2D eigenvalue weighted by atomic mass is 10.3. The van der Waals surface area contributed by atoms with Crippen molar-refractivity contribution in [2.75, 3.05) is 0 Å². The Kier molecular flexibility index (Phi) is 6.29. The van der Waals surface area contributed by atoms with Crippen molar-refractivity contribution in [3.05, 3.63) is 73.3 Å². The Balaban J connectivity index is 0.000000312. The maximum absolute atomic E-state index is 9.25. The number of carboxylic acids is 1. The maximum atomic E-state index is 9.25. The molecule has 0 unspecified atom stereocenters. The van der Waals surface area contributed by atoms with Gasteiger partial charge in [0.1, 0.15) is 0 Å². The number of benzene rings is 2. The van der Waals surface area contributed by atoms with Crippen molar-refractivity contribution >= 4 is 5.97 Å². The van der Waals surface area contributed by atoms with Crippen LogP contribution in [0.3, 0.4) is 0 Å². The lowest BCUT2D eigenvalue weighted by Crippen LogP contribution is -1.99. The van der Waals surface area contributed by atoms with Gasteiger partial charge in [-0.1, -0.05) is 43.0 Å². The van der Waals surface area contributed by atoms with Crippen LogP contribution >= 0.6 is 0 Å². The molecule has 98 valence electrons. The van der Waals surface area contributed by atoms with Gasteiger partial charge in [0.2, 0.25) is 0 Å². The summed E-state index contributed by atoms with van der Waals surface area (Å²) in [4.78, 5) is 19.4. The number of carboxylic acid groups (broad SMARTS) is 1. The molecule has 0 fully saturated rings. The van der Waals surface area contributed by atoms with Gasteiger partial charge in [0.15, 0.2) is 11.5 Å². The van der Waals surface area contributed by atoms with Gasteiger partial charge in [0.25, 0.3) is 0 Å². The first-order valence-corrected chi connectivity index (χ1v) is 5.52. The Morgan fingerprint density at radius 3 is 1.47 bits per heavy atom. The molecule has 0 saturated carbocycles. The van der Waals surface area contributed by atoms with Crippen LogP contribution in [0.4, 0.5) is 0 Å². The van der Waals surface area contributed by atoms with Crippen LogP contribution < -0.4 is 9.78 Å². The van der Waals surface area contributed by atoms with Crippen LogP contribution in [0, 0.1) is 0 Å². The lowest BCUT2D eigenvalue weighted by molar-refractivity contribution is -0.131. The van der Waals surface area contributed by atoms with E-state index in [9.17, 15) is 4.79 Å². The summed E-state index contributed by atoms with van der Waals surface area (Å²) in [5, 5.41) is 7.60. The number of aliphatic carboxylic acids is 1. The molecule has 0 atom stereocenters. The lowest BCUT2D eigenvalue weighted by Gasteiger charge is -2.04. The molecule has 0 aliphatic carbocycles. The molecule has 0 saturated heterocycles. The quantitative estimate of drug-likeness (QED) is 0.519. The third-order valence-corrected chi connectivity index (χ3v) is 1.90. The highest BCUT2D eigenvalue weighted by Crippen LogP contribution is 2.13. The summed E-state index contributed by atoms with van der Waals surface area (Å²) >= 11 is 0. The fourth-order valence-corrected chi connectivity index (χ4v) is 1.05. The minimum atomic E-state index is -0.981. The van der Waals surface area contributed by atoms with E-state index in [2.05, 4.69) is 6.58 Å². The number of hydrogen-bond acceptors (Lipinski definition) is 3. The topological polar surface area (TPSA) is 55.8 Å². The Hall–Kier alpha value is -2.75. The van der Waals surface area contributed by atoms with Gasteiger partial charge in [0.05, 0.1) is 0 Å². The largest absolute Gasteiger partial charge is 0.478 e. The molecule has 0 aliphatic rings. The van der Waals surface area contributed by atoms with Gasteiger partial charge in [-0.2, -0.15) is 0 Å². The van der Waals surface area contributed by atoms with Crippen molar-refractivity contribution in [2.45, 2.75) is 0 Å². The number of para-hydroxylation sites is 2. The maximum Gasteiger partial charge on any atom is 0.327 e. The molecular formula is C15H14O4. The summed E-state index contributed by atoms with van der Waals surface area (Å²) in [5.41, 5.74) is 0. The Bertz CT molecular complexity index is 455. The fourth-order valence-electron chi connectivity index (χ4n) is 1.05. The predicted octanol–water partition coefficient (Wildman–Crippen LogP) is 3.32. The van der Waals surface area contributed by atoms with E-state index in [-0.39, 0.29) is 0 Å². The molecule has 0 amide bonds. The first-order valence-electron chi connectivity index (χ1n) is 5.52. The second kappa shape index (κ2) is 8.36. The van der Waals surface area contributed by atoms with E-state index < -0.39 is 5.97 Å². The molecule has 19 heavy (non-hydrogen) atoms. The fraction of sp³-hybridized carbons (Fsp3) is 0. The van der Waals surface area contributed by atoms with Crippen LogP contribution in [0.2, 0.25) is 0 Å². The molecule has 0 bridgehead atoms. The first-order chi connectivity index (χ1) is 9.22. The summed E-state index contributed by atoms with van der Waals surface area (Å²) in [6.07, 6.45) is 0.833. The highest BCUT2D eigenvalue weighted by molar-refractivity contribution is 5.78. The summed E-state index contributed by atoms with van der Waals surface area (Å²) in [5.74, 6) is 0.401. The van der Waals surface area contributed by atoms with E-state index in [1.807, 2.05) is 60.7 Å². The van der Waals surface area contributed by atoms with Crippen LogP contribution in [-0.2, 0) is 4.79 Å². The predicted molar refractivity (Wildman–Crippen MR) is 72.0 cm³/mol. The average Bonchev–Trinajstić information content (AvgIpc) is 2.48. The van der Waals surface area contributed by atoms with Crippen molar-refractivity contribution < 1.29 is 19.7 Å². The Morgan fingerprint density at radius 2 is 1.21 bits per heavy atom. The SMILES string of the molecule is C=CC(=O)O.c1ccc(OOc2ccccc2)cc1. The first kappa shape index (κ1) is 14.3. The smallest absolute Gasteiger partial charge is 0.327 e. The highest BCUT2D eigenvalue weighted by Gasteiger charge is 1.94. The molecule has 2 aromatic carbocycles. The van der Waals surface area contributed by atoms with E-state index >= 15 is 0 Å². The van der Waals surface area contributed by atoms with E-state index in [0.717, 1.165) is 6.08 Å². The van der Waals surface area contributed by atoms with Gasteiger partial charge in [-0.05, 0) is 24.3 Å². The highest BCUT2D eigenvalue weighted by atomic mass is 17.2. The van der Waals surface area contributed by atoms with E-state index in [1.54, 1.807) is 0 Å². The zero-order valence-corrected chi connectivity index (χ0v) is 10.2. The molecule has 2 aromatic rings. The Morgan fingerprint density at radius 1 is 0.895 bits per heavy atom. The molecule has 4 heteroatoms. The van der Waals surface area contributed by atoms with Gasteiger partial charge in [-0.25, -0.2) is 4.79 Å². The molecular weight excluding hydrogens is 244 g/mol. The van der Waals surface area contributed by atoms with Crippen LogP contribution in [0.15, 0.2) is 73.3 Å². The molecule has 0 radical (unpaired) electrons. The van der Waals surface area contributed by atoms with Crippen molar-refractivity contribution in [1.29, 1.82) is 0 Å². The van der Waals surface area contributed by atoms with Gasteiger partial charge in [-0.15, -0.1) is 0 Å². The molecule has 1 N–H and O–H groups in total.